The van der Waals surface area contributed by atoms with Crippen molar-refractivity contribution in [3.8, 4) is 22.9 Å². The zero-order chi connectivity index (χ0) is 56.7. The normalized spacial score (nSPS) is 15.9. The Morgan fingerprint density at radius 2 is 1.53 bits per heavy atom. The second-order valence-electron chi connectivity index (χ2n) is 21.6. The summed E-state index contributed by atoms with van der Waals surface area (Å²) in [6, 6.07) is 23.1. The van der Waals surface area contributed by atoms with E-state index in [1.165, 1.54) is 41.4 Å². The smallest absolute Gasteiger partial charge is 0.284 e. The molecule has 0 spiro atoms. The van der Waals surface area contributed by atoms with Crippen molar-refractivity contribution in [3.63, 3.8) is 0 Å². The number of alkyl halides is 2. The number of hydrogen-bond acceptors (Lipinski definition) is 14. The lowest BCUT2D eigenvalue weighted by Gasteiger charge is -2.38. The number of halogens is 2. The third-order valence-electron chi connectivity index (χ3n) is 14.0. The average Bonchev–Trinajstić information content (AvgIpc) is 4.06. The number of aryl methyl sites for hydroxylation is 1. The van der Waals surface area contributed by atoms with Crippen molar-refractivity contribution in [2.45, 2.75) is 90.8 Å². The van der Waals surface area contributed by atoms with Gasteiger partial charge in [0.1, 0.15) is 30.5 Å². The van der Waals surface area contributed by atoms with Crippen LogP contribution >= 0.6 is 0 Å². The number of aromatic nitrogens is 4. The Morgan fingerprint density at radius 3 is 2.26 bits per heavy atom. The first-order chi connectivity index (χ1) is 39.2. The van der Waals surface area contributed by atoms with Crippen molar-refractivity contribution >= 4 is 35.1 Å². The van der Waals surface area contributed by atoms with E-state index in [1.807, 2.05) is 51.1 Å². The van der Waals surface area contributed by atoms with E-state index >= 15 is 0 Å². The summed E-state index contributed by atoms with van der Waals surface area (Å²) in [5.74, 6) is 0.873. The van der Waals surface area contributed by atoms with E-state index in [4.69, 9.17) is 28.1 Å². The summed E-state index contributed by atoms with van der Waals surface area (Å²) in [6.45, 7) is 10.6. The fourth-order valence-electron chi connectivity index (χ4n) is 9.66. The van der Waals surface area contributed by atoms with Crippen LogP contribution in [0.15, 0.2) is 102 Å². The van der Waals surface area contributed by atoms with Gasteiger partial charge in [-0.3, -0.25) is 19.2 Å². The van der Waals surface area contributed by atoms with Crippen molar-refractivity contribution in [3.05, 3.63) is 137 Å². The van der Waals surface area contributed by atoms with E-state index in [0.29, 0.717) is 107 Å². The first-order valence-corrected chi connectivity index (χ1v) is 27.7. The first-order valence-electron chi connectivity index (χ1n) is 27.7. The van der Waals surface area contributed by atoms with Gasteiger partial charge < -0.3 is 54.3 Å². The lowest BCUT2D eigenvalue weighted by atomic mass is 9.86. The van der Waals surface area contributed by atoms with Gasteiger partial charge in [0.05, 0.1) is 76.5 Å². The molecule has 0 saturated heterocycles. The molecule has 4 heterocycles. The predicted molar refractivity (Wildman–Crippen MR) is 297 cm³/mol. The molecule has 2 atom stereocenters. The number of pyridine rings is 1. The molecule has 1 saturated carbocycles. The molecule has 3 aliphatic rings. The number of anilines is 2. The molecule has 19 nitrogen and oxygen atoms in total. The molecule has 2 aliphatic carbocycles. The number of hydrogen-bond donors (Lipinski definition) is 4. The molecule has 3 aromatic heterocycles. The Hall–Kier alpha value is -7.59. The third kappa shape index (κ3) is 16.5. The van der Waals surface area contributed by atoms with Gasteiger partial charge in [-0.15, -0.1) is 0 Å². The number of carbonyl (C=O) groups excluding carboxylic acids is 4. The van der Waals surface area contributed by atoms with Gasteiger partial charge in [0.2, 0.25) is 17.7 Å². The van der Waals surface area contributed by atoms with E-state index in [-0.39, 0.29) is 59.6 Å². The van der Waals surface area contributed by atoms with Crippen LogP contribution in [0.1, 0.15) is 114 Å². The summed E-state index contributed by atoms with van der Waals surface area (Å²) in [4.78, 5) is 64.0. The fourth-order valence-corrected chi connectivity index (χ4v) is 9.66. The zero-order valence-corrected chi connectivity index (χ0v) is 46.1. The molecule has 3 aromatic carbocycles. The van der Waals surface area contributed by atoms with E-state index in [0.717, 1.165) is 48.8 Å². The fraction of sp³-hybridized carbons (Fsp3) is 0.450. The second-order valence-corrected chi connectivity index (χ2v) is 21.6. The maximum atomic E-state index is 14.1. The molecular weight excluding hydrogens is 1040 g/mol. The minimum atomic E-state index is -3.00. The van der Waals surface area contributed by atoms with E-state index < -0.39 is 24.1 Å². The molecule has 9 rings (SSSR count). The van der Waals surface area contributed by atoms with Gasteiger partial charge in [-0.1, -0.05) is 51.1 Å². The summed E-state index contributed by atoms with van der Waals surface area (Å²) in [5.41, 5.74) is 4.56. The molecule has 430 valence electrons. The van der Waals surface area contributed by atoms with Crippen molar-refractivity contribution in [2.75, 3.05) is 83.2 Å². The monoisotopic (exact) mass is 1120 g/mol. The maximum absolute atomic E-state index is 14.1. The minimum absolute atomic E-state index is 0.0401. The van der Waals surface area contributed by atoms with Crippen molar-refractivity contribution in [1.29, 1.82) is 0 Å². The van der Waals surface area contributed by atoms with E-state index in [2.05, 4.69) is 48.5 Å². The van der Waals surface area contributed by atoms with Crippen LogP contribution in [0.2, 0.25) is 0 Å². The maximum Gasteiger partial charge on any atom is 0.284 e. The number of fused-ring (bicyclic) bond motifs is 2. The topological polar surface area (TPSA) is 223 Å². The van der Waals surface area contributed by atoms with Crippen LogP contribution in [0.3, 0.4) is 0 Å². The minimum Gasteiger partial charge on any atom is -0.491 e. The summed E-state index contributed by atoms with van der Waals surface area (Å²) in [7, 11) is 0. The van der Waals surface area contributed by atoms with Gasteiger partial charge in [-0.05, 0) is 114 Å². The molecule has 6 aromatic rings. The van der Waals surface area contributed by atoms with Gasteiger partial charge in [-0.25, -0.2) is 23.4 Å². The number of nitrogens with one attached hydrogen (secondary N) is 4. The number of oxazole rings is 1. The second kappa shape index (κ2) is 27.7. The van der Waals surface area contributed by atoms with Crippen LogP contribution in [0.25, 0.3) is 17.1 Å². The van der Waals surface area contributed by atoms with Gasteiger partial charge in [0.25, 0.3) is 18.2 Å². The first kappa shape index (κ1) is 58.1. The summed E-state index contributed by atoms with van der Waals surface area (Å²) in [6.07, 6.45) is 7.05. The molecular formula is C60H71F2N9O10. The Morgan fingerprint density at radius 1 is 0.802 bits per heavy atom. The third-order valence-corrected chi connectivity index (χ3v) is 14.0. The number of ether oxygens (including phenoxy) is 5. The Bertz CT molecular complexity index is 3090. The number of amides is 4. The molecule has 1 aliphatic heterocycles. The molecule has 4 N–H and O–H groups in total. The van der Waals surface area contributed by atoms with Crippen LogP contribution in [0.5, 0.6) is 5.75 Å². The highest BCUT2D eigenvalue weighted by Crippen LogP contribution is 2.34. The molecule has 1 fully saturated rings. The molecule has 0 bridgehead atoms. The van der Waals surface area contributed by atoms with E-state index in [1.54, 1.807) is 35.4 Å². The predicted octanol–water partition coefficient (Wildman–Crippen LogP) is 8.69. The van der Waals surface area contributed by atoms with Crippen LogP contribution in [0, 0.1) is 11.3 Å². The van der Waals surface area contributed by atoms with Crippen molar-refractivity contribution < 1.29 is 56.1 Å². The van der Waals surface area contributed by atoms with Gasteiger partial charge >= 0.3 is 0 Å². The average molecular weight is 1120 g/mol. The summed E-state index contributed by atoms with van der Waals surface area (Å²) >= 11 is 0. The quantitative estimate of drug-likeness (QED) is 0.0338. The highest BCUT2D eigenvalue weighted by atomic mass is 19.3. The number of carbonyl (C=O) groups is 4. The van der Waals surface area contributed by atoms with Crippen LogP contribution in [0.4, 0.5) is 20.3 Å². The van der Waals surface area contributed by atoms with Crippen LogP contribution in [-0.2, 0) is 47.9 Å². The van der Waals surface area contributed by atoms with Crippen LogP contribution < -0.4 is 26.0 Å². The molecule has 21 heteroatoms. The largest absolute Gasteiger partial charge is 0.491 e. The SMILES string of the molecule is CC(C)(C)CC(=O)N1Cc2cc(OCCOCCOCCOCCOCCNC(=O)c3ccc(-n4cc(NC(=O)c5coc(-c6ccnc(NCC7CC7)c6)n5)c(C(F)F)n4)cc3)ccc2C[C@H]1C(=O)N[C@@H]1CCCc2ccccc21. The number of rotatable bonds is 28. The van der Waals surface area contributed by atoms with Gasteiger partial charge in [-0.2, -0.15) is 5.10 Å². The van der Waals surface area contributed by atoms with Crippen molar-refractivity contribution in [1.82, 2.24) is 35.3 Å². The van der Waals surface area contributed by atoms with Crippen LogP contribution in [-0.4, -0.2) is 127 Å². The molecule has 4 amide bonds. The number of benzene rings is 3. The summed E-state index contributed by atoms with van der Waals surface area (Å²) in [5, 5.41) is 15.8. The standard InChI is InChI=1S/C60H71F2N9O10/c1-60(2,3)34-53(72)70-36-44-31-46(18-15-42(44)32-51(70)58(75)66-48-10-6-8-40-7-4-5-9-47(40)48)80-30-29-79-28-27-78-26-25-77-24-23-76-22-21-64-56(73)41-13-16-45(17-14-41)71-37-49(54(69-71)55(61)62)67-57(74)50-38-81-59(68-50)43-19-20-63-52(33-43)65-35-39-11-12-39/h4-5,7,9,13-20,31,33,37-39,48,51,55H,6,8,10-12,21-30,32,34-36H2,1-3H3,(H,63,65)(H,64,73)(H,66,75)(H,67,74)/t48-,51+/m1/s1. The summed E-state index contributed by atoms with van der Waals surface area (Å²) < 4.78 is 63.4. The molecule has 0 radical (unpaired) electrons. The van der Waals surface area contributed by atoms with Gasteiger partial charge in [0.15, 0.2) is 11.4 Å². The molecule has 81 heavy (non-hydrogen) atoms. The highest BCUT2D eigenvalue weighted by Gasteiger charge is 2.37. The number of nitrogens with zero attached hydrogens (tertiary/aromatic N) is 5. The highest BCUT2D eigenvalue weighted by molar-refractivity contribution is 6.03. The Kier molecular flexibility index (Phi) is 19.9. The Balaban J connectivity index is 0.612. The van der Waals surface area contributed by atoms with Gasteiger partial charge in [0, 0.05) is 49.8 Å². The van der Waals surface area contributed by atoms with E-state index in [9.17, 15) is 28.0 Å². The lowest BCUT2D eigenvalue weighted by Crippen LogP contribution is -2.53. The molecule has 0 unspecified atom stereocenters. The zero-order valence-electron chi connectivity index (χ0n) is 46.1. The lowest BCUT2D eigenvalue weighted by molar-refractivity contribution is -0.143. The van der Waals surface area contributed by atoms with Crippen molar-refractivity contribution in [2.24, 2.45) is 11.3 Å². The Labute approximate surface area is 469 Å².